The molecule has 0 radical (unpaired) electrons. The molecule has 0 unspecified atom stereocenters. The molecule has 0 spiro atoms. The van der Waals surface area contributed by atoms with Crippen LogP contribution in [0.4, 0.5) is 4.79 Å². The Morgan fingerprint density at radius 3 is 2.19 bits per heavy atom. The Morgan fingerprint density at radius 1 is 1.00 bits per heavy atom. The molecule has 9 heteroatoms. The van der Waals surface area contributed by atoms with Crippen molar-refractivity contribution < 1.29 is 19.1 Å². The number of carbonyl (C=O) groups excluding carboxylic acids is 3. The van der Waals surface area contributed by atoms with Crippen molar-refractivity contribution >= 4 is 67.4 Å². The predicted octanol–water partition coefficient (Wildman–Crippen LogP) is 4.19. The maximum absolute atomic E-state index is 11.8. The van der Waals surface area contributed by atoms with Crippen molar-refractivity contribution in [3.05, 3.63) is 67.1 Å². The molecule has 2 N–H and O–H groups in total. The zero-order chi connectivity index (χ0) is 19.6. The van der Waals surface area contributed by atoms with Crippen molar-refractivity contribution in [1.82, 2.24) is 10.6 Å². The van der Waals surface area contributed by atoms with Crippen LogP contribution in [0.15, 0.2) is 50.9 Å². The number of ether oxygens (including phenoxy) is 1. The fourth-order valence-electron chi connectivity index (χ4n) is 2.34. The summed E-state index contributed by atoms with van der Waals surface area (Å²) < 4.78 is 7.06. The maximum atomic E-state index is 11.8. The van der Waals surface area contributed by atoms with E-state index >= 15 is 0 Å². The van der Waals surface area contributed by atoms with Gasteiger partial charge in [0.05, 0.1) is 8.95 Å². The summed E-state index contributed by atoms with van der Waals surface area (Å²) in [4.78, 5) is 34.8. The zero-order valence-electron chi connectivity index (χ0n) is 13.5. The molecule has 2 aromatic carbocycles. The number of barbiturate groups is 1. The van der Waals surface area contributed by atoms with Gasteiger partial charge in [0.2, 0.25) is 0 Å². The summed E-state index contributed by atoms with van der Waals surface area (Å²) in [5.74, 6) is -0.963. The highest BCUT2D eigenvalue weighted by molar-refractivity contribution is 9.11. The number of rotatable bonds is 4. The highest BCUT2D eigenvalue weighted by Gasteiger charge is 2.27. The van der Waals surface area contributed by atoms with E-state index in [2.05, 4.69) is 31.9 Å². The number of halogens is 3. The van der Waals surface area contributed by atoms with E-state index in [0.717, 1.165) is 5.56 Å². The Kier molecular flexibility index (Phi) is 5.98. The van der Waals surface area contributed by atoms with Gasteiger partial charge in [0, 0.05) is 10.6 Å². The van der Waals surface area contributed by atoms with Crippen LogP contribution >= 0.6 is 43.5 Å². The van der Waals surface area contributed by atoms with Crippen LogP contribution in [0.1, 0.15) is 11.1 Å². The number of carbonyl (C=O) groups is 3. The number of benzene rings is 2. The molecule has 0 aromatic heterocycles. The Hall–Kier alpha value is -2.16. The summed E-state index contributed by atoms with van der Waals surface area (Å²) in [5, 5.41) is 4.66. The molecule has 1 aliphatic heterocycles. The van der Waals surface area contributed by atoms with E-state index in [1.165, 1.54) is 6.08 Å². The van der Waals surface area contributed by atoms with Gasteiger partial charge in [0.1, 0.15) is 17.9 Å². The van der Waals surface area contributed by atoms with E-state index in [0.29, 0.717) is 25.3 Å². The molecule has 27 heavy (non-hydrogen) atoms. The van der Waals surface area contributed by atoms with E-state index in [1.807, 2.05) is 28.8 Å². The van der Waals surface area contributed by atoms with E-state index in [4.69, 9.17) is 16.3 Å². The zero-order valence-corrected chi connectivity index (χ0v) is 17.4. The van der Waals surface area contributed by atoms with Gasteiger partial charge in [-0.3, -0.25) is 20.2 Å². The van der Waals surface area contributed by atoms with Crippen LogP contribution in [0.2, 0.25) is 5.02 Å². The number of nitrogens with one attached hydrogen (secondary N) is 2. The minimum atomic E-state index is -0.840. The first-order valence-electron chi connectivity index (χ1n) is 7.59. The normalized spacial score (nSPS) is 13.9. The smallest absolute Gasteiger partial charge is 0.328 e. The molecular formula is C18H11Br2ClN2O4. The van der Waals surface area contributed by atoms with Gasteiger partial charge in [-0.1, -0.05) is 29.8 Å². The number of hydrogen-bond acceptors (Lipinski definition) is 4. The predicted molar refractivity (Wildman–Crippen MR) is 107 cm³/mol. The third-order valence-electron chi connectivity index (χ3n) is 3.60. The van der Waals surface area contributed by atoms with Crippen molar-refractivity contribution in [2.75, 3.05) is 0 Å². The molecule has 0 bridgehead atoms. The van der Waals surface area contributed by atoms with E-state index in [-0.39, 0.29) is 12.2 Å². The average molecular weight is 515 g/mol. The second kappa shape index (κ2) is 8.24. The summed E-state index contributed by atoms with van der Waals surface area (Å²) in [6.07, 6.45) is 1.38. The van der Waals surface area contributed by atoms with Gasteiger partial charge in [-0.25, -0.2) is 4.79 Å². The third kappa shape index (κ3) is 4.58. The molecule has 138 valence electrons. The van der Waals surface area contributed by atoms with Gasteiger partial charge in [0.15, 0.2) is 0 Å². The van der Waals surface area contributed by atoms with Gasteiger partial charge in [-0.2, -0.15) is 0 Å². The standard InChI is InChI=1S/C18H11Br2ClN2O4/c19-12-6-9(5-11-16(24)22-18(26)23-17(11)25)7-13(20)15(12)27-8-10-3-1-2-4-14(10)21/h1-7H,8H2,(H2,22,23,24,25,26). The Morgan fingerprint density at radius 2 is 1.59 bits per heavy atom. The largest absolute Gasteiger partial charge is 0.486 e. The molecule has 0 saturated carbocycles. The third-order valence-corrected chi connectivity index (χ3v) is 5.15. The van der Waals surface area contributed by atoms with Crippen molar-refractivity contribution in [1.29, 1.82) is 0 Å². The summed E-state index contributed by atoms with van der Waals surface area (Å²) >= 11 is 13.0. The number of imide groups is 2. The summed E-state index contributed by atoms with van der Waals surface area (Å²) in [6, 6.07) is 9.90. The molecular weight excluding hydrogens is 503 g/mol. The summed E-state index contributed by atoms with van der Waals surface area (Å²) in [6.45, 7) is 0.268. The molecule has 1 aliphatic rings. The van der Waals surface area contributed by atoms with E-state index in [1.54, 1.807) is 18.2 Å². The molecule has 4 amide bonds. The number of hydrogen-bond donors (Lipinski definition) is 2. The monoisotopic (exact) mass is 512 g/mol. The summed E-state index contributed by atoms with van der Waals surface area (Å²) in [5.41, 5.74) is 1.23. The Balaban J connectivity index is 1.84. The fraction of sp³-hybridized carbons (Fsp3) is 0.0556. The SMILES string of the molecule is O=C1NC(=O)C(=Cc2cc(Br)c(OCc3ccccc3Cl)c(Br)c2)C(=O)N1. The Labute approximate surface area is 176 Å². The molecule has 3 rings (SSSR count). The number of amides is 4. The van der Waals surface area contributed by atoms with Crippen molar-refractivity contribution in [3.63, 3.8) is 0 Å². The highest BCUT2D eigenvalue weighted by atomic mass is 79.9. The second-order valence-corrected chi connectivity index (χ2v) is 7.61. The van der Waals surface area contributed by atoms with E-state index in [9.17, 15) is 14.4 Å². The van der Waals surface area contributed by atoms with Crippen LogP contribution in [0.25, 0.3) is 6.08 Å². The van der Waals surface area contributed by atoms with Gasteiger partial charge < -0.3 is 4.74 Å². The molecule has 1 saturated heterocycles. The fourth-order valence-corrected chi connectivity index (χ4v) is 3.98. The average Bonchev–Trinajstić information content (AvgIpc) is 2.59. The van der Waals surface area contributed by atoms with Crippen molar-refractivity contribution in [2.45, 2.75) is 6.61 Å². The lowest BCUT2D eigenvalue weighted by Gasteiger charge is -2.15. The van der Waals surface area contributed by atoms with Crippen LogP contribution in [0, 0.1) is 0 Å². The quantitative estimate of drug-likeness (QED) is 0.473. The molecule has 0 atom stereocenters. The van der Waals surface area contributed by atoms with Crippen LogP contribution in [0.5, 0.6) is 5.75 Å². The van der Waals surface area contributed by atoms with E-state index < -0.39 is 17.8 Å². The maximum Gasteiger partial charge on any atom is 0.328 e. The molecule has 1 fully saturated rings. The van der Waals surface area contributed by atoms with Gasteiger partial charge in [0.25, 0.3) is 11.8 Å². The first-order chi connectivity index (χ1) is 12.8. The molecule has 0 aliphatic carbocycles. The van der Waals surface area contributed by atoms with Gasteiger partial charge in [-0.05, 0) is 61.7 Å². The summed E-state index contributed by atoms with van der Waals surface area (Å²) in [7, 11) is 0. The second-order valence-electron chi connectivity index (χ2n) is 5.49. The van der Waals surface area contributed by atoms with Gasteiger partial charge in [-0.15, -0.1) is 0 Å². The molecule has 2 aromatic rings. The lowest BCUT2D eigenvalue weighted by molar-refractivity contribution is -0.123. The van der Waals surface area contributed by atoms with Crippen molar-refractivity contribution in [2.24, 2.45) is 0 Å². The lowest BCUT2D eigenvalue weighted by Crippen LogP contribution is -2.51. The van der Waals surface area contributed by atoms with Crippen LogP contribution < -0.4 is 15.4 Å². The van der Waals surface area contributed by atoms with Crippen LogP contribution in [-0.2, 0) is 16.2 Å². The van der Waals surface area contributed by atoms with Crippen LogP contribution in [-0.4, -0.2) is 17.8 Å². The molecule has 6 nitrogen and oxygen atoms in total. The van der Waals surface area contributed by atoms with Crippen LogP contribution in [0.3, 0.4) is 0 Å². The number of urea groups is 1. The first kappa shape index (κ1) is 19.6. The highest BCUT2D eigenvalue weighted by Crippen LogP contribution is 2.36. The minimum absolute atomic E-state index is 0.168. The molecule has 1 heterocycles. The first-order valence-corrected chi connectivity index (χ1v) is 9.55. The Bertz CT molecular complexity index is 946. The lowest BCUT2D eigenvalue weighted by atomic mass is 10.1. The van der Waals surface area contributed by atoms with Crippen molar-refractivity contribution in [3.8, 4) is 5.75 Å². The minimum Gasteiger partial charge on any atom is -0.486 e. The topological polar surface area (TPSA) is 84.5 Å². The van der Waals surface area contributed by atoms with Gasteiger partial charge >= 0.3 is 6.03 Å².